The van der Waals surface area contributed by atoms with Crippen LogP contribution in [0.25, 0.3) is 0 Å². The first-order valence-corrected chi connectivity index (χ1v) is 7.49. The quantitative estimate of drug-likeness (QED) is 0.894. The number of β-amino-alcohol motifs (C(OH)–C–C–N with tert-alkyl or cyclic N) is 1. The number of rotatable bonds is 4. The van der Waals surface area contributed by atoms with Crippen molar-refractivity contribution >= 4 is 5.97 Å². The second-order valence-electron chi connectivity index (χ2n) is 6.94. The molecular weight excluding hydrogens is 266 g/mol. The number of aliphatic carboxylic acids is 1. The van der Waals surface area contributed by atoms with Crippen LogP contribution in [0.4, 0.5) is 0 Å². The first-order valence-electron chi connectivity index (χ1n) is 7.49. The smallest absolute Gasteiger partial charge is 0.321 e. The lowest BCUT2D eigenvalue weighted by atomic mass is 9.75. The predicted octanol–water partition coefficient (Wildman–Crippen LogP) is 2.47. The van der Waals surface area contributed by atoms with Crippen LogP contribution < -0.4 is 0 Å². The summed E-state index contributed by atoms with van der Waals surface area (Å²) < 4.78 is 0. The Morgan fingerprint density at radius 3 is 2.57 bits per heavy atom. The molecule has 1 aromatic carbocycles. The van der Waals surface area contributed by atoms with Crippen LogP contribution >= 0.6 is 0 Å². The van der Waals surface area contributed by atoms with E-state index in [1.165, 1.54) is 0 Å². The van der Waals surface area contributed by atoms with Gasteiger partial charge in [0.05, 0.1) is 5.60 Å². The van der Waals surface area contributed by atoms with Crippen molar-refractivity contribution in [1.29, 1.82) is 0 Å². The topological polar surface area (TPSA) is 60.8 Å². The van der Waals surface area contributed by atoms with Crippen LogP contribution in [-0.4, -0.2) is 40.2 Å². The molecule has 1 heterocycles. The fourth-order valence-electron chi connectivity index (χ4n) is 3.44. The normalized spacial score (nSPS) is 25.2. The number of nitrogens with zero attached hydrogens (tertiary/aromatic N) is 1. The molecule has 0 aliphatic carbocycles. The van der Waals surface area contributed by atoms with Crippen molar-refractivity contribution in [2.75, 3.05) is 13.1 Å². The highest BCUT2D eigenvalue weighted by Crippen LogP contribution is 2.37. The third kappa shape index (κ3) is 3.44. The van der Waals surface area contributed by atoms with Crippen molar-refractivity contribution in [1.82, 2.24) is 4.90 Å². The number of likely N-dealkylation sites (tertiary alicyclic amines) is 1. The van der Waals surface area contributed by atoms with Gasteiger partial charge in [-0.15, -0.1) is 0 Å². The van der Waals surface area contributed by atoms with E-state index in [2.05, 4.69) is 0 Å². The minimum atomic E-state index is -1.05. The van der Waals surface area contributed by atoms with Crippen molar-refractivity contribution in [2.24, 2.45) is 5.41 Å². The molecule has 1 aliphatic rings. The Morgan fingerprint density at radius 1 is 1.38 bits per heavy atom. The summed E-state index contributed by atoms with van der Waals surface area (Å²) in [5.74, 6) is -0.802. The minimum Gasteiger partial charge on any atom is -0.480 e. The maximum absolute atomic E-state index is 11.7. The van der Waals surface area contributed by atoms with E-state index in [4.69, 9.17) is 0 Å². The Labute approximate surface area is 126 Å². The number of aliphatic hydroxyl groups is 1. The Balaban J connectivity index is 2.22. The molecule has 2 rings (SSSR count). The molecule has 116 valence electrons. The van der Waals surface area contributed by atoms with Crippen LogP contribution in [0.2, 0.25) is 0 Å². The summed E-state index contributed by atoms with van der Waals surface area (Å²) in [6, 6.07) is 8.89. The maximum Gasteiger partial charge on any atom is 0.321 e. The van der Waals surface area contributed by atoms with Gasteiger partial charge in [0.2, 0.25) is 0 Å². The van der Waals surface area contributed by atoms with Gasteiger partial charge < -0.3 is 10.2 Å². The second-order valence-corrected chi connectivity index (χ2v) is 6.94. The van der Waals surface area contributed by atoms with Crippen LogP contribution in [0.15, 0.2) is 30.3 Å². The van der Waals surface area contributed by atoms with Gasteiger partial charge in [-0.2, -0.15) is 0 Å². The number of carbonyl (C=O) groups is 1. The van der Waals surface area contributed by atoms with Gasteiger partial charge in [0.1, 0.15) is 6.04 Å². The molecular formula is C17H25NO3. The molecule has 0 amide bonds. The summed E-state index contributed by atoms with van der Waals surface area (Å²) >= 11 is 0. The number of hydrogen-bond donors (Lipinski definition) is 2. The first kappa shape index (κ1) is 16.0. The van der Waals surface area contributed by atoms with Crippen molar-refractivity contribution in [3.05, 3.63) is 35.9 Å². The van der Waals surface area contributed by atoms with Crippen LogP contribution in [-0.2, 0) is 10.4 Å². The highest BCUT2D eigenvalue weighted by atomic mass is 16.4. The largest absolute Gasteiger partial charge is 0.480 e. The fraction of sp³-hybridized carbons (Fsp3) is 0.588. The Hall–Kier alpha value is -1.39. The first-order chi connectivity index (χ1) is 9.74. The molecule has 0 radical (unpaired) electrons. The molecule has 0 bridgehead atoms. The van der Waals surface area contributed by atoms with Gasteiger partial charge >= 0.3 is 5.97 Å². The molecule has 2 N–H and O–H groups in total. The number of carboxylic acid groups (broad SMARTS) is 1. The van der Waals surface area contributed by atoms with Crippen molar-refractivity contribution in [3.8, 4) is 0 Å². The molecule has 0 aromatic heterocycles. The summed E-state index contributed by atoms with van der Waals surface area (Å²) in [7, 11) is 0. The zero-order valence-electron chi connectivity index (χ0n) is 13.0. The van der Waals surface area contributed by atoms with E-state index in [-0.39, 0.29) is 5.41 Å². The van der Waals surface area contributed by atoms with E-state index < -0.39 is 17.6 Å². The van der Waals surface area contributed by atoms with Gasteiger partial charge in [-0.25, -0.2) is 0 Å². The molecule has 1 fully saturated rings. The van der Waals surface area contributed by atoms with E-state index in [0.29, 0.717) is 13.1 Å². The van der Waals surface area contributed by atoms with Gasteiger partial charge in [-0.3, -0.25) is 9.69 Å². The lowest BCUT2D eigenvalue weighted by molar-refractivity contribution is -0.153. The Morgan fingerprint density at radius 2 is 2.00 bits per heavy atom. The molecule has 0 saturated carbocycles. The van der Waals surface area contributed by atoms with Crippen molar-refractivity contribution in [3.63, 3.8) is 0 Å². The van der Waals surface area contributed by atoms with Crippen LogP contribution in [0.5, 0.6) is 0 Å². The van der Waals surface area contributed by atoms with E-state index in [9.17, 15) is 15.0 Å². The van der Waals surface area contributed by atoms with E-state index in [0.717, 1.165) is 18.4 Å². The highest BCUT2D eigenvalue weighted by molar-refractivity contribution is 5.74. The second kappa shape index (κ2) is 5.78. The monoisotopic (exact) mass is 291 g/mol. The molecule has 1 aromatic rings. The molecule has 4 heteroatoms. The average Bonchev–Trinajstić information content (AvgIpc) is 2.37. The van der Waals surface area contributed by atoms with Crippen LogP contribution in [0.3, 0.4) is 0 Å². The van der Waals surface area contributed by atoms with Gasteiger partial charge in [0, 0.05) is 6.54 Å². The third-order valence-electron chi connectivity index (χ3n) is 4.51. The average molecular weight is 291 g/mol. The van der Waals surface area contributed by atoms with Crippen LogP contribution in [0.1, 0.15) is 39.2 Å². The fourth-order valence-corrected chi connectivity index (χ4v) is 3.44. The number of hydrogen-bond acceptors (Lipinski definition) is 3. The van der Waals surface area contributed by atoms with Gasteiger partial charge in [0.15, 0.2) is 0 Å². The SMILES string of the molecule is CC(O)(CN1CCCC(C)(C)C1C(=O)O)c1ccccc1. The maximum atomic E-state index is 11.7. The third-order valence-corrected chi connectivity index (χ3v) is 4.51. The number of piperidine rings is 1. The van der Waals surface area contributed by atoms with Crippen molar-refractivity contribution in [2.45, 2.75) is 45.3 Å². The van der Waals surface area contributed by atoms with Gasteiger partial charge in [0.25, 0.3) is 0 Å². The molecule has 1 aliphatic heterocycles. The lowest BCUT2D eigenvalue weighted by Gasteiger charge is -2.46. The van der Waals surface area contributed by atoms with E-state index in [1.54, 1.807) is 6.92 Å². The molecule has 21 heavy (non-hydrogen) atoms. The minimum absolute atomic E-state index is 0.281. The summed E-state index contributed by atoms with van der Waals surface area (Å²) in [6.45, 7) is 6.79. The standard InChI is InChI=1S/C17H25NO3/c1-16(2)10-7-11-18(14(16)15(19)20)12-17(3,21)13-8-5-4-6-9-13/h4-6,8-9,14,21H,7,10-12H2,1-3H3,(H,19,20). The molecule has 0 spiro atoms. The Bertz CT molecular complexity index is 496. The summed E-state index contributed by atoms with van der Waals surface area (Å²) in [5, 5.41) is 20.4. The van der Waals surface area contributed by atoms with Crippen molar-refractivity contribution < 1.29 is 15.0 Å². The van der Waals surface area contributed by atoms with Crippen LogP contribution in [0, 0.1) is 5.41 Å². The zero-order valence-corrected chi connectivity index (χ0v) is 13.0. The molecule has 2 atom stereocenters. The highest BCUT2D eigenvalue weighted by Gasteiger charge is 2.44. The van der Waals surface area contributed by atoms with E-state index >= 15 is 0 Å². The Kier molecular flexibility index (Phi) is 4.40. The summed E-state index contributed by atoms with van der Waals surface area (Å²) in [6.07, 6.45) is 1.86. The molecule has 1 saturated heterocycles. The predicted molar refractivity (Wildman–Crippen MR) is 82.0 cm³/mol. The molecule has 4 nitrogen and oxygen atoms in total. The zero-order chi connectivity index (χ0) is 15.7. The lowest BCUT2D eigenvalue weighted by Crippen LogP contribution is -2.57. The number of benzene rings is 1. The molecule has 2 unspecified atom stereocenters. The van der Waals surface area contributed by atoms with Gasteiger partial charge in [-0.05, 0) is 37.3 Å². The number of carboxylic acids is 1. The summed E-state index contributed by atoms with van der Waals surface area (Å²) in [4.78, 5) is 13.6. The van der Waals surface area contributed by atoms with Gasteiger partial charge in [-0.1, -0.05) is 44.2 Å². The van der Waals surface area contributed by atoms with E-state index in [1.807, 2.05) is 49.1 Å². The summed E-state index contributed by atoms with van der Waals surface area (Å²) in [5.41, 5.74) is -0.517.